The first-order valence-electron chi connectivity index (χ1n) is 12.6. The summed E-state index contributed by atoms with van der Waals surface area (Å²) < 4.78 is 19.5. The summed E-state index contributed by atoms with van der Waals surface area (Å²) in [4.78, 5) is 29.3. The van der Waals surface area contributed by atoms with Crippen molar-refractivity contribution in [2.45, 2.75) is 20.8 Å². The monoisotopic (exact) mass is 535 g/mol. The predicted molar refractivity (Wildman–Crippen MR) is 152 cm³/mol. The van der Waals surface area contributed by atoms with Crippen molar-refractivity contribution in [3.63, 3.8) is 0 Å². The van der Waals surface area contributed by atoms with Gasteiger partial charge in [-0.3, -0.25) is 24.8 Å². The smallest absolute Gasteiger partial charge is 0.229 e. The molecule has 10 heteroatoms. The van der Waals surface area contributed by atoms with Crippen LogP contribution < -0.4 is 10.1 Å². The molecular weight excluding hydrogens is 509 g/mol. The highest BCUT2D eigenvalue weighted by molar-refractivity contribution is 6.00. The van der Waals surface area contributed by atoms with E-state index in [1.165, 1.54) is 19.2 Å². The number of hydrogen-bond donors (Lipinski definition) is 3. The van der Waals surface area contributed by atoms with Crippen molar-refractivity contribution in [2.24, 2.45) is 5.41 Å². The summed E-state index contributed by atoms with van der Waals surface area (Å²) in [6.45, 7) is 5.56. The SMILES string of the molecule is COc1cc(F)cc(-c2nccc3[nH]c(-c4n[nH]c5cnc(-c6cncc(NC(=O)C(C)(C)C)c6)cc45)cc23)c1. The Morgan fingerprint density at radius 2 is 1.75 bits per heavy atom. The number of carbonyl (C=O) groups excluding carboxylic acids is 1. The van der Waals surface area contributed by atoms with Gasteiger partial charge in [0.15, 0.2) is 0 Å². The van der Waals surface area contributed by atoms with E-state index in [4.69, 9.17) is 4.74 Å². The van der Waals surface area contributed by atoms with Gasteiger partial charge in [-0.05, 0) is 36.4 Å². The third-order valence-corrected chi connectivity index (χ3v) is 6.60. The molecule has 1 amide bonds. The molecule has 0 aliphatic rings. The fraction of sp³-hybridized carbons (Fsp3) is 0.167. The highest BCUT2D eigenvalue weighted by Crippen LogP contribution is 2.35. The molecule has 0 bridgehead atoms. The van der Waals surface area contributed by atoms with Crippen molar-refractivity contribution in [3.8, 4) is 39.7 Å². The molecule has 5 aromatic heterocycles. The summed E-state index contributed by atoms with van der Waals surface area (Å²) in [7, 11) is 1.50. The maximum absolute atomic E-state index is 14.3. The molecule has 0 fully saturated rings. The molecular formula is C30H26FN7O2. The van der Waals surface area contributed by atoms with E-state index >= 15 is 0 Å². The molecule has 9 nitrogen and oxygen atoms in total. The van der Waals surface area contributed by atoms with Gasteiger partial charge in [-0.2, -0.15) is 5.10 Å². The van der Waals surface area contributed by atoms with Crippen LogP contribution in [-0.4, -0.2) is 43.2 Å². The Labute approximate surface area is 228 Å². The first-order chi connectivity index (χ1) is 19.2. The van der Waals surface area contributed by atoms with Gasteiger partial charge in [0.25, 0.3) is 0 Å². The number of ether oxygens (including phenoxy) is 1. The summed E-state index contributed by atoms with van der Waals surface area (Å²) in [5.41, 5.74) is 5.78. The van der Waals surface area contributed by atoms with E-state index in [1.807, 2.05) is 45.0 Å². The highest BCUT2D eigenvalue weighted by atomic mass is 19.1. The van der Waals surface area contributed by atoms with Gasteiger partial charge in [0, 0.05) is 51.3 Å². The number of aromatic nitrogens is 6. The van der Waals surface area contributed by atoms with Crippen molar-refractivity contribution in [1.82, 2.24) is 30.1 Å². The molecule has 0 saturated carbocycles. The first-order valence-corrected chi connectivity index (χ1v) is 12.6. The third-order valence-electron chi connectivity index (χ3n) is 6.60. The van der Waals surface area contributed by atoms with E-state index in [9.17, 15) is 9.18 Å². The lowest BCUT2D eigenvalue weighted by atomic mass is 9.95. The zero-order valence-electron chi connectivity index (χ0n) is 22.3. The van der Waals surface area contributed by atoms with Crippen LogP contribution in [0.3, 0.4) is 0 Å². The Balaban J connectivity index is 1.40. The van der Waals surface area contributed by atoms with Crippen LogP contribution in [0.1, 0.15) is 20.8 Å². The standard InChI is InChI=1S/C30H26FN7O2/c1-30(2,3)29(39)35-19-8-17(13-32-14-19)24-11-22-26(15-34-24)37-38-28(22)25-12-21-23(36-25)5-6-33-27(21)16-7-18(31)10-20(9-16)40-4/h5-15,36H,1-4H3,(H,35,39)(H,37,38). The lowest BCUT2D eigenvalue weighted by Crippen LogP contribution is -2.27. The van der Waals surface area contributed by atoms with Gasteiger partial charge in [0.2, 0.25) is 5.91 Å². The number of halogens is 1. The van der Waals surface area contributed by atoms with Crippen LogP contribution in [0.4, 0.5) is 10.1 Å². The Kier molecular flexibility index (Phi) is 6.02. The maximum atomic E-state index is 14.3. The van der Waals surface area contributed by atoms with Gasteiger partial charge in [0.1, 0.15) is 17.3 Å². The summed E-state index contributed by atoms with van der Waals surface area (Å²) in [6, 6.07) is 12.1. The number of amides is 1. The Bertz CT molecular complexity index is 1900. The summed E-state index contributed by atoms with van der Waals surface area (Å²) in [5, 5.41) is 12.2. The summed E-state index contributed by atoms with van der Waals surface area (Å²) in [6.07, 6.45) is 6.71. The molecule has 200 valence electrons. The number of benzene rings is 1. The highest BCUT2D eigenvalue weighted by Gasteiger charge is 2.22. The molecule has 0 radical (unpaired) electrons. The van der Waals surface area contributed by atoms with Crippen LogP contribution in [0.5, 0.6) is 5.75 Å². The normalized spacial score (nSPS) is 11.7. The molecule has 0 aliphatic carbocycles. The van der Waals surface area contributed by atoms with E-state index in [1.54, 1.807) is 30.9 Å². The van der Waals surface area contributed by atoms with Crippen molar-refractivity contribution < 1.29 is 13.9 Å². The number of nitrogens with one attached hydrogen (secondary N) is 3. The maximum Gasteiger partial charge on any atom is 0.229 e. The second-order valence-electron chi connectivity index (χ2n) is 10.5. The lowest BCUT2D eigenvalue weighted by molar-refractivity contribution is -0.123. The fourth-order valence-corrected chi connectivity index (χ4v) is 4.48. The molecule has 40 heavy (non-hydrogen) atoms. The van der Waals surface area contributed by atoms with Gasteiger partial charge < -0.3 is 15.0 Å². The van der Waals surface area contributed by atoms with E-state index < -0.39 is 11.2 Å². The van der Waals surface area contributed by atoms with E-state index in [0.717, 1.165) is 33.1 Å². The quantitative estimate of drug-likeness (QED) is 0.236. The van der Waals surface area contributed by atoms with Crippen LogP contribution in [0.25, 0.3) is 55.7 Å². The van der Waals surface area contributed by atoms with Crippen LogP contribution in [0, 0.1) is 11.2 Å². The Hall–Kier alpha value is -5.12. The molecule has 6 aromatic rings. The minimum atomic E-state index is -0.533. The van der Waals surface area contributed by atoms with Crippen LogP contribution in [0.15, 0.2) is 67.3 Å². The molecule has 1 aromatic carbocycles. The molecule has 5 heterocycles. The van der Waals surface area contributed by atoms with Crippen molar-refractivity contribution in [3.05, 3.63) is 73.1 Å². The van der Waals surface area contributed by atoms with Crippen LogP contribution in [0.2, 0.25) is 0 Å². The molecule has 0 spiro atoms. The second kappa shape index (κ2) is 9.57. The van der Waals surface area contributed by atoms with E-state index in [2.05, 4.69) is 35.5 Å². The number of carbonyl (C=O) groups is 1. The number of methoxy groups -OCH3 is 1. The molecule has 0 unspecified atom stereocenters. The van der Waals surface area contributed by atoms with Crippen LogP contribution >= 0.6 is 0 Å². The van der Waals surface area contributed by atoms with Crippen molar-refractivity contribution >= 4 is 33.4 Å². The van der Waals surface area contributed by atoms with E-state index in [0.29, 0.717) is 34.1 Å². The number of hydrogen-bond acceptors (Lipinski definition) is 6. The summed E-state index contributed by atoms with van der Waals surface area (Å²) >= 11 is 0. The second-order valence-corrected chi connectivity index (χ2v) is 10.5. The molecule has 3 N–H and O–H groups in total. The largest absolute Gasteiger partial charge is 0.497 e. The number of pyridine rings is 3. The number of rotatable bonds is 5. The van der Waals surface area contributed by atoms with Gasteiger partial charge in [-0.1, -0.05) is 20.8 Å². The minimum Gasteiger partial charge on any atom is -0.497 e. The number of aromatic amines is 2. The predicted octanol–water partition coefficient (Wildman–Crippen LogP) is 6.36. The van der Waals surface area contributed by atoms with Crippen molar-refractivity contribution in [1.29, 1.82) is 0 Å². The average Bonchev–Trinajstić information content (AvgIpc) is 3.56. The van der Waals surface area contributed by atoms with Crippen molar-refractivity contribution in [2.75, 3.05) is 12.4 Å². The third kappa shape index (κ3) is 4.64. The molecule has 6 rings (SSSR count). The molecule has 0 atom stereocenters. The van der Waals surface area contributed by atoms with Gasteiger partial charge in [-0.15, -0.1) is 0 Å². The molecule has 0 saturated heterocycles. The fourth-order valence-electron chi connectivity index (χ4n) is 4.48. The molecule has 0 aliphatic heterocycles. The Morgan fingerprint density at radius 1 is 0.925 bits per heavy atom. The number of nitrogens with zero attached hydrogens (tertiary/aromatic N) is 4. The topological polar surface area (TPSA) is 121 Å². The van der Waals surface area contributed by atoms with Gasteiger partial charge in [-0.25, -0.2) is 4.39 Å². The number of anilines is 1. The average molecular weight is 536 g/mol. The van der Waals surface area contributed by atoms with E-state index in [-0.39, 0.29) is 5.91 Å². The van der Waals surface area contributed by atoms with Gasteiger partial charge >= 0.3 is 0 Å². The zero-order valence-corrected chi connectivity index (χ0v) is 22.3. The first kappa shape index (κ1) is 25.2. The summed E-state index contributed by atoms with van der Waals surface area (Å²) in [5.74, 6) is -0.0884. The number of H-pyrrole nitrogens is 2. The lowest BCUT2D eigenvalue weighted by Gasteiger charge is -2.17. The minimum absolute atomic E-state index is 0.101. The zero-order chi connectivity index (χ0) is 28.0. The van der Waals surface area contributed by atoms with Crippen LogP contribution in [-0.2, 0) is 4.79 Å². The number of fused-ring (bicyclic) bond motifs is 2. The Morgan fingerprint density at radius 3 is 2.55 bits per heavy atom. The van der Waals surface area contributed by atoms with Gasteiger partial charge in [0.05, 0.1) is 47.8 Å².